The van der Waals surface area contributed by atoms with Crippen LogP contribution < -0.4 is 20.4 Å². The molecule has 1 aliphatic heterocycles. The average molecular weight is 456 g/mol. The summed E-state index contributed by atoms with van der Waals surface area (Å²) in [7, 11) is 0. The van der Waals surface area contributed by atoms with E-state index in [1.165, 1.54) is 32.6 Å². The van der Waals surface area contributed by atoms with Crippen molar-refractivity contribution in [1.29, 1.82) is 0 Å². The molecule has 6 unspecified atom stereocenters. The van der Waals surface area contributed by atoms with E-state index in [-0.39, 0.29) is 19.5 Å². The Morgan fingerprint density at radius 2 is 1.09 bits per heavy atom. The quantitative estimate of drug-likeness (QED) is 0.310. The van der Waals surface area contributed by atoms with Gasteiger partial charge in [0.2, 0.25) is 0 Å². The summed E-state index contributed by atoms with van der Waals surface area (Å²) in [5, 5.41) is 47.2. The molecule has 184 valence electrons. The number of carboxylic acids is 4. The van der Waals surface area contributed by atoms with E-state index >= 15 is 0 Å². The monoisotopic (exact) mass is 455 g/mol. The lowest BCUT2D eigenvalue weighted by atomic mass is 9.88. The molecule has 0 N–H and O–H groups in total. The van der Waals surface area contributed by atoms with Crippen molar-refractivity contribution in [3.8, 4) is 0 Å². The minimum absolute atomic E-state index is 0.0460. The fraction of sp³-hybridized carbons (Fsp3) is 0.810. The lowest BCUT2D eigenvalue weighted by Crippen LogP contribution is -2.70. The molecule has 1 aliphatic rings. The van der Waals surface area contributed by atoms with E-state index < -0.39 is 65.7 Å². The maximum Gasteiger partial charge on any atom is 0.0584 e. The molecule has 1 rings (SSSR count). The van der Waals surface area contributed by atoms with E-state index in [2.05, 4.69) is 0 Å². The Balaban J connectivity index is 3.82. The summed E-state index contributed by atoms with van der Waals surface area (Å²) >= 11 is 0. The number of carbonyl (C=O) groups excluding carboxylic acids is 4. The van der Waals surface area contributed by atoms with Crippen LogP contribution in [0.5, 0.6) is 0 Å². The van der Waals surface area contributed by atoms with E-state index in [1.807, 2.05) is 0 Å². The van der Waals surface area contributed by atoms with E-state index in [0.29, 0.717) is 0 Å². The highest BCUT2D eigenvalue weighted by Gasteiger charge is 2.49. The van der Waals surface area contributed by atoms with Gasteiger partial charge in [-0.3, -0.25) is 14.7 Å². The molecule has 0 saturated carbocycles. The summed E-state index contributed by atoms with van der Waals surface area (Å²) in [5.74, 6) is -5.75. The van der Waals surface area contributed by atoms with Crippen molar-refractivity contribution in [2.45, 2.75) is 96.7 Å². The van der Waals surface area contributed by atoms with Crippen molar-refractivity contribution in [2.75, 3.05) is 13.1 Å². The summed E-state index contributed by atoms with van der Waals surface area (Å²) < 4.78 is 0. The molecule has 0 aromatic heterocycles. The standard InChI is InChI=1S/C21H37N3O8/c1-8-21(24(15(6)19(29)30)16(7)20(31)32)9-22(13(4)17(25)26)11(2)12(3)23(10-21)14(5)18(27)28/h11-16H,8-10H2,1-7H3,(H,25,26)(H,27,28)(H,29,30)(H,31,32)/p-4. The van der Waals surface area contributed by atoms with Crippen molar-refractivity contribution in [3.05, 3.63) is 0 Å². The maximum atomic E-state index is 11.8. The average Bonchev–Trinajstić information content (AvgIpc) is 2.82. The molecule has 0 radical (unpaired) electrons. The predicted octanol–water partition coefficient (Wildman–Crippen LogP) is -4.61. The Bertz CT molecular complexity index is 676. The number of rotatable bonds is 10. The Morgan fingerprint density at radius 1 is 0.781 bits per heavy atom. The van der Waals surface area contributed by atoms with E-state index in [1.54, 1.807) is 30.6 Å². The molecular weight excluding hydrogens is 422 g/mol. The lowest BCUT2D eigenvalue weighted by molar-refractivity contribution is -0.323. The molecule has 0 bridgehead atoms. The van der Waals surface area contributed by atoms with Gasteiger partial charge in [-0.15, -0.1) is 0 Å². The van der Waals surface area contributed by atoms with Crippen molar-refractivity contribution in [2.24, 2.45) is 0 Å². The number of aliphatic carboxylic acids is 4. The highest BCUT2D eigenvalue weighted by Crippen LogP contribution is 2.34. The van der Waals surface area contributed by atoms with Gasteiger partial charge in [-0.05, 0) is 48.0 Å². The number of hydrogen-bond donors (Lipinski definition) is 0. The number of carboxylic acid groups (broad SMARTS) is 4. The van der Waals surface area contributed by atoms with Crippen LogP contribution in [0.4, 0.5) is 0 Å². The zero-order valence-electron chi connectivity index (χ0n) is 19.7. The van der Waals surface area contributed by atoms with Gasteiger partial charge in [-0.1, -0.05) is 6.92 Å². The van der Waals surface area contributed by atoms with Gasteiger partial charge in [-0.25, -0.2) is 0 Å². The second-order valence-corrected chi connectivity index (χ2v) is 8.79. The van der Waals surface area contributed by atoms with Gasteiger partial charge in [0.15, 0.2) is 0 Å². The normalized spacial score (nSPS) is 29.0. The number of hydrogen-bond acceptors (Lipinski definition) is 11. The first-order valence-corrected chi connectivity index (χ1v) is 10.8. The summed E-state index contributed by atoms with van der Waals surface area (Å²) in [6.07, 6.45) is 0.189. The zero-order chi connectivity index (χ0) is 25.1. The van der Waals surface area contributed by atoms with Crippen LogP contribution in [-0.4, -0.2) is 93.5 Å². The molecule has 0 aromatic rings. The summed E-state index contributed by atoms with van der Waals surface area (Å²) in [6.45, 7) is 10.5. The predicted molar refractivity (Wildman–Crippen MR) is 105 cm³/mol. The van der Waals surface area contributed by atoms with Crippen molar-refractivity contribution >= 4 is 23.9 Å². The van der Waals surface area contributed by atoms with Crippen LogP contribution in [0.3, 0.4) is 0 Å². The molecule has 11 nitrogen and oxygen atoms in total. The Morgan fingerprint density at radius 3 is 1.31 bits per heavy atom. The number of carbonyl (C=O) groups is 4. The van der Waals surface area contributed by atoms with Crippen LogP contribution in [0.25, 0.3) is 0 Å². The molecule has 0 amide bonds. The fourth-order valence-electron chi connectivity index (χ4n) is 4.78. The molecule has 1 saturated heterocycles. The highest BCUT2D eigenvalue weighted by molar-refractivity contribution is 5.75. The van der Waals surface area contributed by atoms with Gasteiger partial charge < -0.3 is 39.6 Å². The second-order valence-electron chi connectivity index (χ2n) is 8.79. The van der Waals surface area contributed by atoms with Crippen LogP contribution >= 0.6 is 0 Å². The summed E-state index contributed by atoms with van der Waals surface area (Å²) in [5.41, 5.74) is -1.27. The second kappa shape index (κ2) is 10.6. The lowest BCUT2D eigenvalue weighted by Gasteiger charge is -2.53. The Labute approximate surface area is 188 Å². The van der Waals surface area contributed by atoms with E-state index in [9.17, 15) is 39.6 Å². The molecular formula is C21H33N3O8-4. The topological polar surface area (TPSA) is 170 Å². The third-order valence-electron chi connectivity index (χ3n) is 7.10. The molecule has 32 heavy (non-hydrogen) atoms. The first kappa shape index (κ1) is 27.8. The highest BCUT2D eigenvalue weighted by atomic mass is 16.4. The Hall–Kier alpha value is -2.24. The summed E-state index contributed by atoms with van der Waals surface area (Å²) in [4.78, 5) is 51.6. The third kappa shape index (κ3) is 5.38. The van der Waals surface area contributed by atoms with Crippen LogP contribution in [0, 0.1) is 0 Å². The molecule has 1 fully saturated rings. The van der Waals surface area contributed by atoms with E-state index in [0.717, 1.165) is 0 Å². The van der Waals surface area contributed by atoms with Gasteiger partial charge in [0.25, 0.3) is 0 Å². The maximum absolute atomic E-state index is 11.8. The number of nitrogens with zero attached hydrogens (tertiary/aromatic N) is 3. The van der Waals surface area contributed by atoms with Crippen LogP contribution in [0.1, 0.15) is 54.9 Å². The minimum Gasteiger partial charge on any atom is -0.548 e. The van der Waals surface area contributed by atoms with Crippen molar-refractivity contribution in [1.82, 2.24) is 14.7 Å². The first-order valence-electron chi connectivity index (χ1n) is 10.8. The van der Waals surface area contributed by atoms with Crippen LogP contribution in [-0.2, 0) is 19.2 Å². The van der Waals surface area contributed by atoms with Gasteiger partial charge in [-0.2, -0.15) is 0 Å². The molecule has 0 spiro atoms. The van der Waals surface area contributed by atoms with Crippen molar-refractivity contribution in [3.63, 3.8) is 0 Å². The molecule has 0 aliphatic carbocycles. The van der Waals surface area contributed by atoms with E-state index in [4.69, 9.17) is 0 Å². The zero-order valence-corrected chi connectivity index (χ0v) is 19.7. The molecule has 11 heteroatoms. The van der Waals surface area contributed by atoms with Gasteiger partial charge in [0.05, 0.1) is 23.9 Å². The largest absolute Gasteiger partial charge is 0.548 e. The van der Waals surface area contributed by atoms with Gasteiger partial charge >= 0.3 is 0 Å². The SMILES string of the molecule is CCC1(N(C(C)C(=O)[O-])C(C)C(=O)[O-])CN(C(C)C(=O)[O-])C(C)C(C)N(C(C)C(=O)[O-])C1. The smallest absolute Gasteiger partial charge is 0.0584 e. The molecule has 6 atom stereocenters. The molecule has 1 heterocycles. The summed E-state index contributed by atoms with van der Waals surface area (Å²) in [6, 6.07) is -5.95. The van der Waals surface area contributed by atoms with Crippen LogP contribution in [0.2, 0.25) is 0 Å². The van der Waals surface area contributed by atoms with Gasteiger partial charge in [0, 0.05) is 54.9 Å². The Kier molecular flexibility index (Phi) is 9.19. The third-order valence-corrected chi connectivity index (χ3v) is 7.10. The first-order chi connectivity index (χ1) is 14.6. The minimum atomic E-state index is -1.52. The van der Waals surface area contributed by atoms with Crippen molar-refractivity contribution < 1.29 is 39.6 Å². The van der Waals surface area contributed by atoms with Crippen LogP contribution in [0.15, 0.2) is 0 Å². The molecule has 0 aromatic carbocycles. The van der Waals surface area contributed by atoms with Gasteiger partial charge in [0.1, 0.15) is 0 Å². The fourth-order valence-corrected chi connectivity index (χ4v) is 4.78.